The van der Waals surface area contributed by atoms with E-state index in [-0.39, 0.29) is 23.3 Å². The topological polar surface area (TPSA) is 105 Å². The molecule has 186 valence electrons. The Balaban J connectivity index is 1.48. The predicted octanol–water partition coefficient (Wildman–Crippen LogP) is 4.34. The van der Waals surface area contributed by atoms with Crippen LogP contribution < -0.4 is 16.4 Å². The third-order valence-corrected chi connectivity index (χ3v) is 6.43. The number of para-hydroxylation sites is 1. The van der Waals surface area contributed by atoms with E-state index in [1.807, 2.05) is 24.3 Å². The number of nitrogens with zero attached hydrogens (tertiary/aromatic N) is 1. The van der Waals surface area contributed by atoms with E-state index in [0.29, 0.717) is 30.0 Å². The zero-order valence-corrected chi connectivity index (χ0v) is 20.1. The summed E-state index contributed by atoms with van der Waals surface area (Å²) in [6.45, 7) is 3.83. The summed E-state index contributed by atoms with van der Waals surface area (Å²) in [7, 11) is 0. The van der Waals surface area contributed by atoms with Crippen molar-refractivity contribution in [1.29, 1.82) is 0 Å². The Morgan fingerprint density at radius 2 is 1.69 bits per heavy atom. The molecule has 1 fully saturated rings. The number of likely N-dealkylation sites (tertiary alicyclic amines) is 1. The molecular weight excluding hydrogens is 459 g/mol. The van der Waals surface area contributed by atoms with Gasteiger partial charge in [-0.2, -0.15) is 0 Å². The average molecular weight is 489 g/mol. The number of hydrogen-bond acceptors (Lipinski definition) is 4. The third-order valence-electron chi connectivity index (χ3n) is 6.43. The van der Waals surface area contributed by atoms with Gasteiger partial charge in [0.05, 0.1) is 11.5 Å². The molecule has 0 bridgehead atoms. The molecule has 8 heteroatoms. The molecule has 0 aromatic heterocycles. The maximum atomic E-state index is 14.0. The van der Waals surface area contributed by atoms with Crippen LogP contribution in [-0.2, 0) is 11.3 Å². The van der Waals surface area contributed by atoms with Gasteiger partial charge >= 0.3 is 0 Å². The van der Waals surface area contributed by atoms with Crippen molar-refractivity contribution < 1.29 is 18.8 Å². The molecule has 3 aromatic rings. The van der Waals surface area contributed by atoms with Crippen LogP contribution in [-0.4, -0.2) is 35.7 Å². The Bertz CT molecular complexity index is 1290. The summed E-state index contributed by atoms with van der Waals surface area (Å²) < 4.78 is 14.0. The number of anilines is 2. The van der Waals surface area contributed by atoms with Crippen LogP contribution in [0.4, 0.5) is 15.8 Å². The maximum Gasteiger partial charge on any atom is 0.258 e. The maximum absolute atomic E-state index is 14.0. The highest BCUT2D eigenvalue weighted by atomic mass is 19.1. The molecule has 0 aliphatic carbocycles. The second-order valence-electron chi connectivity index (χ2n) is 9.05. The molecule has 7 nitrogen and oxygen atoms in total. The lowest BCUT2D eigenvalue weighted by Gasteiger charge is -2.31. The first-order chi connectivity index (χ1) is 17.3. The van der Waals surface area contributed by atoms with Gasteiger partial charge in [0.2, 0.25) is 5.91 Å². The van der Waals surface area contributed by atoms with Gasteiger partial charge in [-0.3, -0.25) is 19.3 Å². The Morgan fingerprint density at radius 1 is 0.972 bits per heavy atom. The number of primary amides is 1. The zero-order valence-electron chi connectivity index (χ0n) is 20.1. The summed E-state index contributed by atoms with van der Waals surface area (Å²) in [6, 6.07) is 18.2. The van der Waals surface area contributed by atoms with Gasteiger partial charge < -0.3 is 16.4 Å². The van der Waals surface area contributed by atoms with Gasteiger partial charge in [0.25, 0.3) is 11.8 Å². The minimum atomic E-state index is -0.617. The fraction of sp³-hybridized carbons (Fsp3) is 0.250. The number of halogens is 1. The van der Waals surface area contributed by atoms with E-state index in [0.717, 1.165) is 30.5 Å². The lowest BCUT2D eigenvalue weighted by atomic mass is 9.97. The second-order valence-corrected chi connectivity index (χ2v) is 9.05. The number of piperidine rings is 1. The van der Waals surface area contributed by atoms with E-state index in [9.17, 15) is 18.8 Å². The van der Waals surface area contributed by atoms with E-state index >= 15 is 0 Å². The van der Waals surface area contributed by atoms with Crippen LogP contribution in [0.5, 0.6) is 0 Å². The van der Waals surface area contributed by atoms with Crippen LogP contribution >= 0.6 is 0 Å². The largest absolute Gasteiger partial charge is 0.369 e. The minimum absolute atomic E-state index is 0.0723. The van der Waals surface area contributed by atoms with Gasteiger partial charge in [-0.15, -0.1) is 0 Å². The molecule has 0 radical (unpaired) electrons. The summed E-state index contributed by atoms with van der Waals surface area (Å²) in [4.78, 5) is 39.5. The van der Waals surface area contributed by atoms with E-state index in [4.69, 9.17) is 5.73 Å². The van der Waals surface area contributed by atoms with Gasteiger partial charge in [-0.05, 0) is 67.8 Å². The summed E-state index contributed by atoms with van der Waals surface area (Å²) in [6.07, 6.45) is 1.69. The number of carbonyl (C=O) groups excluding carboxylic acids is 3. The Labute approximate surface area is 209 Å². The number of hydrogen-bond donors (Lipinski definition) is 3. The highest BCUT2D eigenvalue weighted by molar-refractivity contribution is 6.08. The van der Waals surface area contributed by atoms with Gasteiger partial charge in [-0.1, -0.05) is 36.4 Å². The summed E-state index contributed by atoms with van der Waals surface area (Å²) >= 11 is 0. The number of aryl methyl sites for hydroxylation is 1. The fourth-order valence-electron chi connectivity index (χ4n) is 4.38. The monoisotopic (exact) mass is 488 g/mol. The molecule has 1 unspecified atom stereocenters. The molecule has 0 saturated carbocycles. The zero-order chi connectivity index (χ0) is 25.7. The highest BCUT2D eigenvalue weighted by Gasteiger charge is 2.24. The summed E-state index contributed by atoms with van der Waals surface area (Å²) in [5.41, 5.74) is 8.55. The van der Waals surface area contributed by atoms with Crippen LogP contribution in [0.1, 0.15) is 44.7 Å². The van der Waals surface area contributed by atoms with Crippen LogP contribution in [0.15, 0.2) is 66.7 Å². The van der Waals surface area contributed by atoms with Crippen molar-refractivity contribution >= 4 is 29.1 Å². The lowest BCUT2D eigenvalue weighted by molar-refractivity contribution is -0.123. The molecule has 0 spiro atoms. The van der Waals surface area contributed by atoms with Crippen molar-refractivity contribution in [3.05, 3.63) is 94.8 Å². The smallest absolute Gasteiger partial charge is 0.258 e. The molecule has 3 aromatic carbocycles. The third kappa shape index (κ3) is 5.95. The molecule has 1 aliphatic heterocycles. The average Bonchev–Trinajstić information content (AvgIpc) is 2.87. The van der Waals surface area contributed by atoms with Crippen LogP contribution in [0.25, 0.3) is 0 Å². The Morgan fingerprint density at radius 3 is 2.47 bits per heavy atom. The van der Waals surface area contributed by atoms with Gasteiger partial charge in [0.15, 0.2) is 0 Å². The lowest BCUT2D eigenvalue weighted by Crippen LogP contribution is -2.40. The number of amides is 3. The molecule has 4 N–H and O–H groups in total. The molecule has 1 saturated heterocycles. The normalized spacial score (nSPS) is 15.8. The molecule has 1 aliphatic rings. The van der Waals surface area contributed by atoms with E-state index < -0.39 is 11.7 Å². The second kappa shape index (κ2) is 11.1. The van der Waals surface area contributed by atoms with Crippen molar-refractivity contribution in [2.24, 2.45) is 11.7 Å². The van der Waals surface area contributed by atoms with Crippen molar-refractivity contribution in [1.82, 2.24) is 4.90 Å². The minimum Gasteiger partial charge on any atom is -0.369 e. The van der Waals surface area contributed by atoms with Gasteiger partial charge in [-0.25, -0.2) is 4.39 Å². The first kappa shape index (κ1) is 25.1. The number of benzene rings is 3. The number of carbonyl (C=O) groups is 3. The van der Waals surface area contributed by atoms with Gasteiger partial charge in [0.1, 0.15) is 5.82 Å². The molecular formula is C28H29FN4O3. The Kier molecular flexibility index (Phi) is 7.75. The van der Waals surface area contributed by atoms with E-state index in [2.05, 4.69) is 15.5 Å². The number of nitrogens with two attached hydrogens (primary N) is 1. The summed E-state index contributed by atoms with van der Waals surface area (Å²) in [5, 5.41) is 5.66. The predicted molar refractivity (Wildman–Crippen MR) is 137 cm³/mol. The van der Waals surface area contributed by atoms with Crippen LogP contribution in [0.3, 0.4) is 0 Å². The Hall–Kier alpha value is -4.04. The number of rotatable bonds is 7. The molecule has 36 heavy (non-hydrogen) atoms. The standard InChI is InChI=1S/C28H29FN4O3/c1-18-12-13-19(15-25(18)32-28(36)22-9-3-4-10-23(22)29)27(35)31-24-11-5-2-7-20(24)16-33-14-6-8-21(17-33)26(30)34/h2-5,7,9-13,15,21H,6,8,14,16-17H2,1H3,(H2,30,34)(H,31,35)(H,32,36). The van der Waals surface area contributed by atoms with E-state index in [1.165, 1.54) is 18.2 Å². The van der Waals surface area contributed by atoms with Crippen molar-refractivity contribution in [3.63, 3.8) is 0 Å². The molecule has 4 rings (SSSR count). The summed E-state index contributed by atoms with van der Waals surface area (Å²) in [5.74, 6) is -1.98. The van der Waals surface area contributed by atoms with Crippen molar-refractivity contribution in [2.45, 2.75) is 26.3 Å². The molecule has 1 atom stereocenters. The highest BCUT2D eigenvalue weighted by Crippen LogP contribution is 2.24. The van der Waals surface area contributed by atoms with Crippen LogP contribution in [0, 0.1) is 18.7 Å². The molecule has 1 heterocycles. The quantitative estimate of drug-likeness (QED) is 0.460. The van der Waals surface area contributed by atoms with Crippen molar-refractivity contribution in [3.8, 4) is 0 Å². The van der Waals surface area contributed by atoms with E-state index in [1.54, 1.807) is 31.2 Å². The van der Waals surface area contributed by atoms with Gasteiger partial charge in [0, 0.05) is 30.0 Å². The first-order valence-electron chi connectivity index (χ1n) is 11.9. The SMILES string of the molecule is Cc1ccc(C(=O)Nc2ccccc2CN2CCCC(C(N)=O)C2)cc1NC(=O)c1ccccc1F. The van der Waals surface area contributed by atoms with Crippen molar-refractivity contribution in [2.75, 3.05) is 23.7 Å². The number of nitrogens with one attached hydrogen (secondary N) is 2. The fourth-order valence-corrected chi connectivity index (χ4v) is 4.38. The first-order valence-corrected chi connectivity index (χ1v) is 11.9. The molecule has 3 amide bonds. The van der Waals surface area contributed by atoms with Crippen LogP contribution in [0.2, 0.25) is 0 Å².